The van der Waals surface area contributed by atoms with Crippen molar-refractivity contribution in [1.29, 1.82) is 0 Å². The summed E-state index contributed by atoms with van der Waals surface area (Å²) in [6.45, 7) is 8.13. The molecule has 12 heteroatoms. The zero-order valence-electron chi connectivity index (χ0n) is 28.3. The number of hydrogen-bond acceptors (Lipinski definition) is 7. The molecular weight excluding hydrogens is 639 g/mol. The number of fused-ring (bicyclic) bond motifs is 10. The molecule has 8 bridgehead atoms. The van der Waals surface area contributed by atoms with Gasteiger partial charge in [-0.1, -0.05) is 44.4 Å². The largest absolute Gasteiger partial charge is 0.363 e. The van der Waals surface area contributed by atoms with Crippen LogP contribution in [-0.2, 0) is 22.3 Å². The lowest BCUT2D eigenvalue weighted by Crippen LogP contribution is -2.41. The molecule has 8 nitrogen and oxygen atoms in total. The highest BCUT2D eigenvalue weighted by Crippen LogP contribution is 2.44. The van der Waals surface area contributed by atoms with Crippen LogP contribution in [0.3, 0.4) is 0 Å². The maximum atomic E-state index is 16.1. The van der Waals surface area contributed by atoms with Crippen molar-refractivity contribution in [3.63, 3.8) is 0 Å². The van der Waals surface area contributed by atoms with Gasteiger partial charge in [0.1, 0.15) is 32.9 Å². The summed E-state index contributed by atoms with van der Waals surface area (Å²) >= 11 is 0. The monoisotopic (exact) mass is 687 g/mol. The number of halogens is 3. The zero-order chi connectivity index (χ0) is 34.2. The Bertz CT molecular complexity index is 1790. The van der Waals surface area contributed by atoms with E-state index in [0.29, 0.717) is 79.5 Å². The van der Waals surface area contributed by atoms with E-state index >= 15 is 13.2 Å². The van der Waals surface area contributed by atoms with E-state index in [1.807, 2.05) is 0 Å². The Morgan fingerprint density at radius 3 is 2.35 bits per heavy atom. The van der Waals surface area contributed by atoms with Gasteiger partial charge in [-0.15, -0.1) is 0 Å². The Morgan fingerprint density at radius 1 is 0.917 bits per heavy atom. The van der Waals surface area contributed by atoms with E-state index in [1.54, 1.807) is 24.5 Å². The number of aromatic nitrogens is 3. The van der Waals surface area contributed by atoms with Gasteiger partial charge in [0.2, 0.25) is 0 Å². The first-order chi connectivity index (χ1) is 22.8. The molecule has 4 aliphatic heterocycles. The molecule has 7 rings (SSSR count). The lowest BCUT2D eigenvalue weighted by Gasteiger charge is -2.37. The van der Waals surface area contributed by atoms with Crippen LogP contribution in [0.25, 0.3) is 11.0 Å². The number of aryl methyl sites for hydroxylation is 2. The lowest BCUT2D eigenvalue weighted by molar-refractivity contribution is -0.0886. The third-order valence-electron chi connectivity index (χ3n) is 10.8. The number of alkyl halides is 2. The summed E-state index contributed by atoms with van der Waals surface area (Å²) in [5.41, 5.74) is 0.348. The van der Waals surface area contributed by atoms with Crippen LogP contribution in [0.2, 0.25) is 0 Å². The summed E-state index contributed by atoms with van der Waals surface area (Å²) in [7, 11) is -3.14. The first-order valence-corrected chi connectivity index (χ1v) is 19.4. The van der Waals surface area contributed by atoms with Crippen molar-refractivity contribution in [2.75, 3.05) is 36.5 Å². The second-order valence-electron chi connectivity index (χ2n) is 14.4. The Labute approximate surface area is 281 Å². The molecule has 0 aliphatic carbocycles. The molecule has 1 N–H and O–H groups in total. The average Bonchev–Trinajstić information content (AvgIpc) is 3.03. The van der Waals surface area contributed by atoms with E-state index < -0.39 is 39.1 Å². The molecule has 0 saturated carbocycles. The summed E-state index contributed by atoms with van der Waals surface area (Å²) in [6, 6.07) is 5.25. The van der Waals surface area contributed by atoms with Crippen LogP contribution in [0.5, 0.6) is 0 Å². The summed E-state index contributed by atoms with van der Waals surface area (Å²) < 4.78 is 74.3. The Kier molecular flexibility index (Phi) is 10.2. The summed E-state index contributed by atoms with van der Waals surface area (Å²) in [5, 5.41) is 3.85. The predicted octanol–water partition coefficient (Wildman–Crippen LogP) is 7.11. The minimum absolute atomic E-state index is 0.0268. The number of nitrogens with zero attached hydrogens (tertiary/aromatic N) is 4. The van der Waals surface area contributed by atoms with Gasteiger partial charge in [0.15, 0.2) is 0 Å². The van der Waals surface area contributed by atoms with E-state index in [-0.39, 0.29) is 28.5 Å². The molecule has 1 aromatic carbocycles. The van der Waals surface area contributed by atoms with Crippen molar-refractivity contribution >= 4 is 26.7 Å². The van der Waals surface area contributed by atoms with E-state index in [0.717, 1.165) is 38.6 Å². The maximum Gasteiger partial charge on any atom is 0.278 e. The molecule has 0 spiro atoms. The SMILES string of the molecule is Cc1nc2c3cc(C4CCS(=O)(=O)CC4)c(=O)n(c3n1)CCCCCCC(C)CN1CCC(CC1)C(F)(F)c1cccc(c1F)[C@@H](C)N2. The van der Waals surface area contributed by atoms with Gasteiger partial charge in [0, 0.05) is 30.1 Å². The van der Waals surface area contributed by atoms with Crippen LogP contribution < -0.4 is 10.9 Å². The molecule has 0 radical (unpaired) electrons. The number of benzene rings is 1. The molecular formula is C36H48F3N5O3S. The van der Waals surface area contributed by atoms with Gasteiger partial charge < -0.3 is 10.2 Å². The molecule has 3 aromatic rings. The van der Waals surface area contributed by atoms with Crippen LogP contribution in [0.15, 0.2) is 29.1 Å². The van der Waals surface area contributed by atoms with Crippen LogP contribution in [0, 0.1) is 24.6 Å². The van der Waals surface area contributed by atoms with Crippen molar-refractivity contribution in [2.24, 2.45) is 11.8 Å². The molecule has 0 amide bonds. The second kappa shape index (κ2) is 14.1. The number of sulfone groups is 1. The van der Waals surface area contributed by atoms with Gasteiger partial charge in [0.25, 0.3) is 11.5 Å². The van der Waals surface area contributed by atoms with Gasteiger partial charge in [0.05, 0.1) is 28.5 Å². The van der Waals surface area contributed by atoms with E-state index in [1.165, 1.54) is 18.2 Å². The lowest BCUT2D eigenvalue weighted by atomic mass is 9.85. The van der Waals surface area contributed by atoms with E-state index in [2.05, 4.69) is 27.1 Å². The average molecular weight is 688 g/mol. The quantitative estimate of drug-likeness (QED) is 0.291. The highest BCUT2D eigenvalue weighted by molar-refractivity contribution is 7.91. The molecule has 2 atom stereocenters. The third-order valence-corrected chi connectivity index (χ3v) is 12.5. The van der Waals surface area contributed by atoms with E-state index in [9.17, 15) is 13.2 Å². The molecule has 2 aromatic heterocycles. The van der Waals surface area contributed by atoms with E-state index in [4.69, 9.17) is 0 Å². The highest BCUT2D eigenvalue weighted by Gasteiger charge is 2.45. The minimum atomic E-state index is -3.31. The van der Waals surface area contributed by atoms with Crippen LogP contribution in [-0.4, -0.2) is 59.0 Å². The first kappa shape index (κ1) is 34.9. The van der Waals surface area contributed by atoms with Crippen LogP contribution in [0.1, 0.15) is 106 Å². The Balaban J connectivity index is 1.42. The molecule has 2 saturated heterocycles. The number of piperidine rings is 1. The molecule has 48 heavy (non-hydrogen) atoms. The number of pyridine rings is 1. The summed E-state index contributed by atoms with van der Waals surface area (Å²) in [5.74, 6) is -4.12. The number of hydrogen-bond donors (Lipinski definition) is 1. The Hall–Kier alpha value is -2.99. The normalized spacial score (nSPS) is 27.2. The number of rotatable bonds is 1. The van der Waals surface area contributed by atoms with Gasteiger partial charge in [-0.3, -0.25) is 9.36 Å². The fourth-order valence-electron chi connectivity index (χ4n) is 7.96. The molecule has 6 heterocycles. The van der Waals surface area contributed by atoms with Gasteiger partial charge in [-0.25, -0.2) is 31.6 Å². The third kappa shape index (κ3) is 7.29. The van der Waals surface area contributed by atoms with Crippen molar-refractivity contribution in [2.45, 2.75) is 103 Å². The molecule has 4 aliphatic rings. The maximum absolute atomic E-state index is 16.1. The number of anilines is 1. The number of nitrogens with one attached hydrogen (secondary N) is 1. The smallest absolute Gasteiger partial charge is 0.278 e. The summed E-state index contributed by atoms with van der Waals surface area (Å²) in [4.78, 5) is 25.7. The highest BCUT2D eigenvalue weighted by atomic mass is 32.2. The summed E-state index contributed by atoms with van der Waals surface area (Å²) in [6.07, 6.45) is 6.19. The molecule has 1 unspecified atom stereocenters. The second-order valence-corrected chi connectivity index (χ2v) is 16.7. The molecule has 262 valence electrons. The van der Waals surface area contributed by atoms with Crippen molar-refractivity contribution in [3.8, 4) is 0 Å². The topological polar surface area (TPSA) is 97.2 Å². The zero-order valence-corrected chi connectivity index (χ0v) is 29.1. The first-order valence-electron chi connectivity index (χ1n) is 17.6. The van der Waals surface area contributed by atoms with Gasteiger partial charge in [-0.05, 0) is 83.4 Å². The van der Waals surface area contributed by atoms with Crippen molar-refractivity contribution < 1.29 is 21.6 Å². The predicted molar refractivity (Wildman–Crippen MR) is 183 cm³/mol. The van der Waals surface area contributed by atoms with Crippen molar-refractivity contribution in [3.05, 3.63) is 63.0 Å². The van der Waals surface area contributed by atoms with Crippen LogP contribution in [0.4, 0.5) is 19.0 Å². The fourth-order valence-corrected chi connectivity index (χ4v) is 9.45. The fraction of sp³-hybridized carbons (Fsp3) is 0.639. The van der Waals surface area contributed by atoms with Crippen LogP contribution >= 0.6 is 0 Å². The van der Waals surface area contributed by atoms with Crippen molar-refractivity contribution in [1.82, 2.24) is 19.4 Å². The van der Waals surface area contributed by atoms with Gasteiger partial charge >= 0.3 is 0 Å². The molecule has 2 fully saturated rings. The minimum Gasteiger partial charge on any atom is -0.363 e. The standard InChI is InChI=1S/C36H48F3N5O3S/c1-23-9-6-4-5-7-16-44-34-30(21-29(35(44)45)26-14-19-48(46,47)20-15-26)33(41-25(3)42-34)40-24(2)28-10-8-11-31(32(28)37)36(38,39)27-12-17-43(22-23)18-13-27/h8,10-11,21,23-24,26-27H,4-7,9,12-20,22H2,1-3H3,(H,40,41,42)/t23?,24-/m1/s1. The van der Waals surface area contributed by atoms with Gasteiger partial charge in [-0.2, -0.15) is 0 Å². The Morgan fingerprint density at radius 2 is 1.62 bits per heavy atom.